The molecular formula is C12H21NOS. The molecule has 1 rings (SSSR count). The van der Waals surface area contributed by atoms with Crippen molar-refractivity contribution in [1.29, 1.82) is 0 Å². The number of ether oxygens (including phenoxy) is 1. The van der Waals surface area contributed by atoms with Crippen LogP contribution in [0.15, 0.2) is 17.5 Å². The third-order valence-electron chi connectivity index (χ3n) is 2.30. The Balaban J connectivity index is 2.16. The zero-order chi connectivity index (χ0) is 10.9. The number of hydrogen-bond acceptors (Lipinski definition) is 3. The zero-order valence-corrected chi connectivity index (χ0v) is 10.5. The summed E-state index contributed by atoms with van der Waals surface area (Å²) in [7, 11) is 0. The second kappa shape index (κ2) is 7.85. The van der Waals surface area contributed by atoms with Crippen LogP contribution in [0.1, 0.15) is 31.6 Å². The van der Waals surface area contributed by atoms with E-state index in [0.717, 1.165) is 26.1 Å². The Morgan fingerprint density at radius 1 is 1.47 bits per heavy atom. The fourth-order valence-electron chi connectivity index (χ4n) is 1.36. The minimum absolute atomic E-state index is 0.346. The molecule has 1 aromatic heterocycles. The van der Waals surface area contributed by atoms with Gasteiger partial charge in [-0.15, -0.1) is 11.3 Å². The van der Waals surface area contributed by atoms with Gasteiger partial charge in [-0.25, -0.2) is 0 Å². The van der Waals surface area contributed by atoms with Crippen LogP contribution in [-0.2, 0) is 11.3 Å². The van der Waals surface area contributed by atoms with Gasteiger partial charge in [0.05, 0.1) is 12.7 Å². The lowest BCUT2D eigenvalue weighted by atomic mass is 10.2. The topological polar surface area (TPSA) is 21.3 Å². The molecule has 86 valence electrons. The molecule has 0 bridgehead atoms. The average molecular weight is 227 g/mol. The van der Waals surface area contributed by atoms with Crippen LogP contribution in [0.4, 0.5) is 0 Å². The van der Waals surface area contributed by atoms with Gasteiger partial charge in [0, 0.05) is 11.4 Å². The molecule has 2 nitrogen and oxygen atoms in total. The summed E-state index contributed by atoms with van der Waals surface area (Å²) < 4.78 is 5.83. The first-order valence-corrected chi connectivity index (χ1v) is 6.59. The van der Waals surface area contributed by atoms with E-state index in [4.69, 9.17) is 4.74 Å². The molecule has 0 fully saturated rings. The highest BCUT2D eigenvalue weighted by Gasteiger charge is 2.06. The Hall–Kier alpha value is -0.380. The van der Waals surface area contributed by atoms with E-state index >= 15 is 0 Å². The maximum atomic E-state index is 5.83. The summed E-state index contributed by atoms with van der Waals surface area (Å²) in [5.41, 5.74) is 0. The van der Waals surface area contributed by atoms with Crippen LogP contribution in [0.3, 0.4) is 0 Å². The summed E-state index contributed by atoms with van der Waals surface area (Å²) in [6, 6.07) is 4.19. The fraction of sp³-hybridized carbons (Fsp3) is 0.667. The Labute approximate surface area is 96.7 Å². The monoisotopic (exact) mass is 227 g/mol. The van der Waals surface area contributed by atoms with Gasteiger partial charge < -0.3 is 10.1 Å². The molecule has 1 N–H and O–H groups in total. The van der Waals surface area contributed by atoms with Crippen molar-refractivity contribution in [3.63, 3.8) is 0 Å². The molecule has 0 aliphatic heterocycles. The Bertz CT molecular complexity index is 236. The first-order valence-electron chi connectivity index (χ1n) is 5.71. The Morgan fingerprint density at radius 2 is 2.33 bits per heavy atom. The molecular weight excluding hydrogens is 206 g/mol. The van der Waals surface area contributed by atoms with Gasteiger partial charge in [0.25, 0.3) is 0 Å². The van der Waals surface area contributed by atoms with Gasteiger partial charge in [-0.2, -0.15) is 0 Å². The van der Waals surface area contributed by atoms with Crippen molar-refractivity contribution in [2.45, 2.75) is 39.4 Å². The molecule has 1 aromatic rings. The first kappa shape index (κ1) is 12.7. The lowest BCUT2D eigenvalue weighted by Crippen LogP contribution is -2.29. The Morgan fingerprint density at radius 3 is 2.93 bits per heavy atom. The first-order chi connectivity index (χ1) is 7.36. The average Bonchev–Trinajstić information content (AvgIpc) is 2.76. The quantitative estimate of drug-likeness (QED) is 0.689. The second-order valence-electron chi connectivity index (χ2n) is 3.62. The molecule has 1 unspecified atom stereocenters. The van der Waals surface area contributed by atoms with Gasteiger partial charge in [0.2, 0.25) is 0 Å². The third kappa shape index (κ3) is 5.30. The normalized spacial score (nSPS) is 12.9. The van der Waals surface area contributed by atoms with E-state index in [1.54, 1.807) is 11.3 Å². The minimum atomic E-state index is 0.346. The summed E-state index contributed by atoms with van der Waals surface area (Å²) in [6.07, 6.45) is 2.60. The lowest BCUT2D eigenvalue weighted by molar-refractivity contribution is 0.0401. The van der Waals surface area contributed by atoms with E-state index in [9.17, 15) is 0 Å². The van der Waals surface area contributed by atoms with Crippen LogP contribution in [0.5, 0.6) is 0 Å². The highest BCUT2D eigenvalue weighted by Crippen LogP contribution is 2.11. The van der Waals surface area contributed by atoms with Crippen LogP contribution >= 0.6 is 11.3 Å². The summed E-state index contributed by atoms with van der Waals surface area (Å²) in [5, 5.41) is 5.49. The molecule has 0 saturated carbocycles. The number of thiophene rings is 1. The zero-order valence-electron chi connectivity index (χ0n) is 9.66. The Kier molecular flexibility index (Phi) is 6.64. The fourth-order valence-corrected chi connectivity index (χ4v) is 1.98. The van der Waals surface area contributed by atoms with Gasteiger partial charge in [0.15, 0.2) is 0 Å². The maximum Gasteiger partial charge on any atom is 0.0813 e. The highest BCUT2D eigenvalue weighted by atomic mass is 32.1. The molecule has 0 radical (unpaired) electrons. The van der Waals surface area contributed by atoms with Crippen LogP contribution in [-0.4, -0.2) is 19.2 Å². The predicted octanol–water partition coefficient (Wildman–Crippen LogP) is 3.04. The summed E-state index contributed by atoms with van der Waals surface area (Å²) >= 11 is 1.76. The summed E-state index contributed by atoms with van der Waals surface area (Å²) in [5.74, 6) is 0. The van der Waals surface area contributed by atoms with E-state index < -0.39 is 0 Å². The van der Waals surface area contributed by atoms with Crippen molar-refractivity contribution in [2.24, 2.45) is 0 Å². The largest absolute Gasteiger partial charge is 0.371 e. The molecule has 0 saturated heterocycles. The van der Waals surface area contributed by atoms with Gasteiger partial charge in [-0.1, -0.05) is 19.9 Å². The van der Waals surface area contributed by atoms with Crippen molar-refractivity contribution < 1.29 is 4.74 Å². The smallest absolute Gasteiger partial charge is 0.0813 e. The molecule has 15 heavy (non-hydrogen) atoms. The molecule has 0 aliphatic carbocycles. The van der Waals surface area contributed by atoms with Gasteiger partial charge in [0.1, 0.15) is 0 Å². The molecule has 1 heterocycles. The predicted molar refractivity (Wildman–Crippen MR) is 66.3 cm³/mol. The number of rotatable bonds is 8. The van der Waals surface area contributed by atoms with E-state index in [2.05, 4.69) is 36.7 Å². The molecule has 0 aromatic carbocycles. The van der Waals surface area contributed by atoms with Crippen molar-refractivity contribution in [2.75, 3.05) is 13.1 Å². The van der Waals surface area contributed by atoms with Crippen LogP contribution in [0.2, 0.25) is 0 Å². The molecule has 1 atom stereocenters. The van der Waals surface area contributed by atoms with Crippen molar-refractivity contribution in [1.82, 2.24) is 5.32 Å². The summed E-state index contributed by atoms with van der Waals surface area (Å²) in [4.78, 5) is 1.31. The molecule has 0 spiro atoms. The van der Waals surface area contributed by atoms with E-state index in [0.29, 0.717) is 6.10 Å². The standard InChI is InChI=1S/C12H21NOS/c1-3-7-13-9-11(4-2)14-10-12-6-5-8-15-12/h5-6,8,11,13H,3-4,7,9-10H2,1-2H3. The number of nitrogens with one attached hydrogen (secondary N) is 1. The third-order valence-corrected chi connectivity index (χ3v) is 3.15. The van der Waals surface area contributed by atoms with E-state index in [1.807, 2.05) is 0 Å². The van der Waals surface area contributed by atoms with Gasteiger partial charge in [-0.3, -0.25) is 0 Å². The van der Waals surface area contributed by atoms with Gasteiger partial charge in [-0.05, 0) is 30.8 Å². The van der Waals surface area contributed by atoms with E-state index in [-0.39, 0.29) is 0 Å². The maximum absolute atomic E-state index is 5.83. The molecule has 0 amide bonds. The second-order valence-corrected chi connectivity index (χ2v) is 4.66. The van der Waals surface area contributed by atoms with Gasteiger partial charge >= 0.3 is 0 Å². The van der Waals surface area contributed by atoms with Crippen molar-refractivity contribution >= 4 is 11.3 Å². The molecule has 0 aliphatic rings. The summed E-state index contributed by atoms with van der Waals surface area (Å²) in [6.45, 7) is 7.16. The lowest BCUT2D eigenvalue weighted by Gasteiger charge is -2.16. The van der Waals surface area contributed by atoms with E-state index in [1.165, 1.54) is 11.3 Å². The van der Waals surface area contributed by atoms with Crippen LogP contribution < -0.4 is 5.32 Å². The number of hydrogen-bond donors (Lipinski definition) is 1. The van der Waals surface area contributed by atoms with Crippen LogP contribution in [0, 0.1) is 0 Å². The minimum Gasteiger partial charge on any atom is -0.371 e. The highest BCUT2D eigenvalue weighted by molar-refractivity contribution is 7.09. The SMILES string of the molecule is CCCNCC(CC)OCc1cccs1. The van der Waals surface area contributed by atoms with Crippen LogP contribution in [0.25, 0.3) is 0 Å². The molecule has 3 heteroatoms. The van der Waals surface area contributed by atoms with Crippen molar-refractivity contribution in [3.8, 4) is 0 Å². The van der Waals surface area contributed by atoms with Crippen molar-refractivity contribution in [3.05, 3.63) is 22.4 Å².